The van der Waals surface area contributed by atoms with Gasteiger partial charge in [0.25, 0.3) is 0 Å². The molecule has 0 unspecified atom stereocenters. The summed E-state index contributed by atoms with van der Waals surface area (Å²) in [6, 6.07) is 18.8. The van der Waals surface area contributed by atoms with Gasteiger partial charge in [-0.05, 0) is 59.7 Å². The number of carbonyl (C=O) groups excluding carboxylic acids is 1. The third kappa shape index (κ3) is 4.70. The van der Waals surface area contributed by atoms with Crippen molar-refractivity contribution < 1.29 is 27.4 Å². The van der Waals surface area contributed by atoms with Crippen molar-refractivity contribution in [3.05, 3.63) is 101 Å². The second-order valence-corrected chi connectivity index (χ2v) is 7.18. The first-order valence-electron chi connectivity index (χ1n) is 9.74. The summed E-state index contributed by atoms with van der Waals surface area (Å²) >= 11 is 0. The number of alkyl carbamates (subject to hydrolysis) is 1. The van der Waals surface area contributed by atoms with Crippen molar-refractivity contribution in [3.8, 4) is 17.6 Å². The fourth-order valence-electron chi connectivity index (χ4n) is 3.45. The summed E-state index contributed by atoms with van der Waals surface area (Å²) in [5.74, 6) is 6.49. The second-order valence-electron chi connectivity index (χ2n) is 7.18. The van der Waals surface area contributed by atoms with E-state index in [0.29, 0.717) is 16.9 Å². The molecule has 1 N–H and O–H groups in total. The van der Waals surface area contributed by atoms with Crippen molar-refractivity contribution in [3.63, 3.8) is 0 Å². The van der Waals surface area contributed by atoms with E-state index in [1.807, 2.05) is 30.3 Å². The number of amides is 1. The number of halogens is 3. The molecule has 32 heavy (non-hydrogen) atoms. The predicted octanol–water partition coefficient (Wildman–Crippen LogP) is 5.64. The lowest BCUT2D eigenvalue weighted by Gasteiger charge is -2.18. The monoisotopic (exact) mass is 437 g/mol. The van der Waals surface area contributed by atoms with Crippen LogP contribution in [0.1, 0.15) is 40.0 Å². The molecular formula is C25H18F3NO3. The van der Waals surface area contributed by atoms with Crippen LogP contribution in [0.2, 0.25) is 0 Å². The lowest BCUT2D eigenvalue weighted by molar-refractivity contribution is -0.137. The largest absolute Gasteiger partial charge is 0.497 e. The van der Waals surface area contributed by atoms with Gasteiger partial charge in [-0.1, -0.05) is 36.1 Å². The molecule has 0 aliphatic carbocycles. The number of ether oxygens (including phenoxy) is 2. The van der Waals surface area contributed by atoms with Crippen LogP contribution in [0.3, 0.4) is 0 Å². The van der Waals surface area contributed by atoms with Crippen LogP contribution in [-0.2, 0) is 10.9 Å². The maximum atomic E-state index is 12.7. The van der Waals surface area contributed by atoms with E-state index in [2.05, 4.69) is 17.2 Å². The van der Waals surface area contributed by atoms with Crippen molar-refractivity contribution in [1.82, 2.24) is 5.32 Å². The molecule has 2 atom stereocenters. The highest BCUT2D eigenvalue weighted by Crippen LogP contribution is 2.38. The molecule has 1 saturated heterocycles. The van der Waals surface area contributed by atoms with Crippen molar-refractivity contribution in [2.45, 2.75) is 18.3 Å². The van der Waals surface area contributed by atoms with E-state index in [9.17, 15) is 18.0 Å². The Kier molecular flexibility index (Phi) is 5.78. The van der Waals surface area contributed by atoms with Gasteiger partial charge in [0.15, 0.2) is 6.10 Å². The SMILES string of the molecule is COc1cccc([C@@H]2OC(=O)N[C@H]2c2cccc(C#Cc3ccc(C(F)(F)F)cc3)c2)c1. The number of cyclic esters (lactones) is 1. The van der Waals surface area contributed by atoms with E-state index in [4.69, 9.17) is 9.47 Å². The van der Waals surface area contributed by atoms with Gasteiger partial charge in [0.05, 0.1) is 18.7 Å². The number of alkyl halides is 3. The van der Waals surface area contributed by atoms with Gasteiger partial charge in [-0.15, -0.1) is 0 Å². The number of nitrogens with one attached hydrogen (secondary N) is 1. The Morgan fingerprint density at radius 3 is 2.31 bits per heavy atom. The molecule has 7 heteroatoms. The molecule has 1 aliphatic heterocycles. The van der Waals surface area contributed by atoms with Crippen molar-refractivity contribution in [2.24, 2.45) is 0 Å². The van der Waals surface area contributed by atoms with E-state index < -0.39 is 30.0 Å². The topological polar surface area (TPSA) is 47.6 Å². The quantitative estimate of drug-likeness (QED) is 0.540. The molecule has 0 radical (unpaired) electrons. The van der Waals surface area contributed by atoms with Gasteiger partial charge < -0.3 is 14.8 Å². The molecule has 4 nitrogen and oxygen atoms in total. The summed E-state index contributed by atoms with van der Waals surface area (Å²) in [5, 5.41) is 2.82. The van der Waals surface area contributed by atoms with Crippen LogP contribution in [0, 0.1) is 11.8 Å². The highest BCUT2D eigenvalue weighted by molar-refractivity contribution is 5.71. The van der Waals surface area contributed by atoms with Gasteiger partial charge in [-0.25, -0.2) is 4.79 Å². The van der Waals surface area contributed by atoms with E-state index in [1.165, 1.54) is 12.1 Å². The van der Waals surface area contributed by atoms with E-state index >= 15 is 0 Å². The average molecular weight is 437 g/mol. The fraction of sp³-hybridized carbons (Fsp3) is 0.160. The molecular weight excluding hydrogens is 419 g/mol. The molecule has 1 heterocycles. The number of methoxy groups -OCH3 is 1. The Morgan fingerprint density at radius 2 is 1.59 bits per heavy atom. The number of rotatable bonds is 3. The van der Waals surface area contributed by atoms with Gasteiger partial charge in [0, 0.05) is 11.1 Å². The van der Waals surface area contributed by atoms with Crippen LogP contribution >= 0.6 is 0 Å². The van der Waals surface area contributed by atoms with E-state index in [-0.39, 0.29) is 0 Å². The summed E-state index contributed by atoms with van der Waals surface area (Å²) in [7, 11) is 1.56. The zero-order valence-corrected chi connectivity index (χ0v) is 16.9. The molecule has 0 aromatic heterocycles. The molecule has 1 aliphatic rings. The first kappa shape index (κ1) is 21.3. The molecule has 3 aromatic rings. The molecule has 1 fully saturated rings. The van der Waals surface area contributed by atoms with E-state index in [1.54, 1.807) is 25.3 Å². The van der Waals surface area contributed by atoms with Crippen LogP contribution in [0.5, 0.6) is 5.75 Å². The van der Waals surface area contributed by atoms with Gasteiger partial charge in [0.2, 0.25) is 0 Å². The Balaban J connectivity index is 1.58. The standard InChI is InChI=1S/C25H18F3NO3/c1-31-21-7-3-6-19(15-21)23-22(29-24(30)32-23)18-5-2-4-17(14-18)9-8-16-10-12-20(13-11-16)25(26,27)28/h2-7,10-15,22-23H,1H3,(H,29,30)/t22-,23-/m0/s1. The molecule has 1 amide bonds. The van der Waals surface area contributed by atoms with Crippen molar-refractivity contribution in [1.29, 1.82) is 0 Å². The summed E-state index contributed by atoms with van der Waals surface area (Å²) in [5.41, 5.74) is 1.99. The Labute approximate surface area is 183 Å². The van der Waals surface area contributed by atoms with Crippen LogP contribution < -0.4 is 10.1 Å². The predicted molar refractivity (Wildman–Crippen MR) is 112 cm³/mol. The Hall–Kier alpha value is -3.92. The number of benzene rings is 3. The zero-order valence-electron chi connectivity index (χ0n) is 16.9. The summed E-state index contributed by atoms with van der Waals surface area (Å²) in [6.07, 6.45) is -5.45. The second kappa shape index (κ2) is 8.67. The maximum Gasteiger partial charge on any atom is 0.416 e. The first-order valence-corrected chi connectivity index (χ1v) is 9.74. The summed E-state index contributed by atoms with van der Waals surface area (Å²) < 4.78 is 48.9. The Morgan fingerprint density at radius 1 is 0.906 bits per heavy atom. The third-order valence-corrected chi connectivity index (χ3v) is 5.04. The molecule has 0 bridgehead atoms. The maximum absolute atomic E-state index is 12.7. The molecule has 0 spiro atoms. The van der Waals surface area contributed by atoms with Gasteiger partial charge in [0.1, 0.15) is 5.75 Å². The van der Waals surface area contributed by atoms with Crippen LogP contribution in [0.15, 0.2) is 72.8 Å². The van der Waals surface area contributed by atoms with Crippen molar-refractivity contribution in [2.75, 3.05) is 7.11 Å². The minimum atomic E-state index is -4.38. The Bertz CT molecular complexity index is 1190. The lowest BCUT2D eigenvalue weighted by atomic mass is 9.95. The minimum absolute atomic E-state index is 0.428. The lowest BCUT2D eigenvalue weighted by Crippen LogP contribution is -2.19. The van der Waals surface area contributed by atoms with Gasteiger partial charge >= 0.3 is 12.3 Å². The number of carbonyl (C=O) groups is 1. The van der Waals surface area contributed by atoms with Crippen LogP contribution in [-0.4, -0.2) is 13.2 Å². The normalized spacial score (nSPS) is 17.7. The molecule has 0 saturated carbocycles. The highest BCUT2D eigenvalue weighted by Gasteiger charge is 2.36. The van der Waals surface area contributed by atoms with Crippen molar-refractivity contribution >= 4 is 6.09 Å². The van der Waals surface area contributed by atoms with Crippen LogP contribution in [0.25, 0.3) is 0 Å². The van der Waals surface area contributed by atoms with Gasteiger partial charge in [-0.2, -0.15) is 13.2 Å². The molecule has 4 rings (SSSR count). The number of hydrogen-bond acceptors (Lipinski definition) is 3. The number of hydrogen-bond donors (Lipinski definition) is 1. The average Bonchev–Trinajstić information content (AvgIpc) is 3.19. The first-order chi connectivity index (χ1) is 15.3. The highest BCUT2D eigenvalue weighted by atomic mass is 19.4. The van der Waals surface area contributed by atoms with E-state index in [0.717, 1.165) is 23.3 Å². The summed E-state index contributed by atoms with van der Waals surface area (Å²) in [4.78, 5) is 12.0. The fourth-order valence-corrected chi connectivity index (χ4v) is 3.45. The molecule has 3 aromatic carbocycles. The molecule has 162 valence electrons. The minimum Gasteiger partial charge on any atom is -0.497 e. The summed E-state index contributed by atoms with van der Waals surface area (Å²) in [6.45, 7) is 0. The van der Waals surface area contributed by atoms with Gasteiger partial charge in [-0.3, -0.25) is 0 Å². The van der Waals surface area contributed by atoms with Crippen LogP contribution in [0.4, 0.5) is 18.0 Å². The zero-order chi connectivity index (χ0) is 22.7. The smallest absolute Gasteiger partial charge is 0.416 e. The third-order valence-electron chi connectivity index (χ3n) is 5.04.